The second kappa shape index (κ2) is 8.52. The number of halogens is 6. The van der Waals surface area contributed by atoms with Crippen LogP contribution in [-0.2, 0) is 22.7 Å². The first kappa shape index (κ1) is 23.1. The predicted molar refractivity (Wildman–Crippen MR) is 102 cm³/mol. The summed E-state index contributed by atoms with van der Waals surface area (Å²) in [5, 5.41) is 0. The van der Waals surface area contributed by atoms with Gasteiger partial charge in [0.2, 0.25) is 10.0 Å². The van der Waals surface area contributed by atoms with Crippen LogP contribution in [0.25, 0.3) is 10.4 Å². The Balaban J connectivity index is 1.65. The Morgan fingerprint density at radius 2 is 1.45 bits per heavy atom. The lowest BCUT2D eigenvalue weighted by Gasteiger charge is -2.10. The van der Waals surface area contributed by atoms with Gasteiger partial charge in [0.1, 0.15) is 5.75 Å². The van der Waals surface area contributed by atoms with Gasteiger partial charge in [0.25, 0.3) is 0 Å². The Morgan fingerprint density at radius 3 is 2.00 bits per heavy atom. The molecule has 0 aliphatic rings. The quantitative estimate of drug-likeness (QED) is 0.452. The first-order valence-corrected chi connectivity index (χ1v) is 10.8. The number of benzene rings is 2. The van der Waals surface area contributed by atoms with Crippen LogP contribution in [0.5, 0.6) is 5.75 Å². The average molecular weight is 481 g/mol. The van der Waals surface area contributed by atoms with Gasteiger partial charge in [0.15, 0.2) is 0 Å². The minimum absolute atomic E-state index is 0.103. The van der Waals surface area contributed by atoms with E-state index in [1.54, 1.807) is 12.1 Å². The van der Waals surface area contributed by atoms with Gasteiger partial charge in [0, 0.05) is 16.3 Å². The first-order valence-electron chi connectivity index (χ1n) is 8.45. The van der Waals surface area contributed by atoms with Crippen LogP contribution < -0.4 is 9.46 Å². The summed E-state index contributed by atoms with van der Waals surface area (Å²) in [6.07, 6.45) is -9.32. The van der Waals surface area contributed by atoms with Crippen LogP contribution in [0.2, 0.25) is 0 Å². The standard InChI is InChI=1S/C19H13F6NO3S2/c20-18(21,22)13-3-1-12(2-4-13)17-10-7-15(30-17)11-26-31(27,28)16-8-5-14(6-9-16)29-19(23,24)25/h1-10,26H,11H2. The number of ether oxygens (including phenoxy) is 1. The van der Waals surface area contributed by atoms with Crippen molar-refractivity contribution in [1.29, 1.82) is 0 Å². The Hall–Kier alpha value is -2.57. The zero-order valence-electron chi connectivity index (χ0n) is 15.3. The fourth-order valence-corrected chi connectivity index (χ4v) is 4.57. The van der Waals surface area contributed by atoms with Gasteiger partial charge in [-0.15, -0.1) is 24.5 Å². The maximum absolute atomic E-state index is 12.7. The Morgan fingerprint density at radius 1 is 0.839 bits per heavy atom. The number of nitrogens with one attached hydrogen (secondary N) is 1. The molecule has 4 nitrogen and oxygen atoms in total. The highest BCUT2D eigenvalue weighted by Gasteiger charge is 2.31. The van der Waals surface area contributed by atoms with Crippen LogP contribution in [0.4, 0.5) is 26.3 Å². The molecule has 0 saturated heterocycles. The van der Waals surface area contributed by atoms with Gasteiger partial charge < -0.3 is 4.74 Å². The zero-order valence-corrected chi connectivity index (χ0v) is 16.9. The molecule has 0 atom stereocenters. The number of sulfonamides is 1. The van der Waals surface area contributed by atoms with Gasteiger partial charge in [-0.25, -0.2) is 13.1 Å². The van der Waals surface area contributed by atoms with E-state index in [0.717, 1.165) is 36.4 Å². The van der Waals surface area contributed by atoms with E-state index in [4.69, 9.17) is 0 Å². The average Bonchev–Trinajstić information content (AvgIpc) is 3.14. The van der Waals surface area contributed by atoms with E-state index < -0.39 is 33.9 Å². The number of hydrogen-bond donors (Lipinski definition) is 1. The molecular weight excluding hydrogens is 468 g/mol. The molecule has 0 saturated carbocycles. The van der Waals surface area contributed by atoms with Gasteiger partial charge in [-0.05, 0) is 54.1 Å². The van der Waals surface area contributed by atoms with E-state index in [-0.39, 0.29) is 11.4 Å². The van der Waals surface area contributed by atoms with Crippen molar-refractivity contribution in [3.63, 3.8) is 0 Å². The van der Waals surface area contributed by atoms with Gasteiger partial charge in [-0.2, -0.15) is 13.2 Å². The van der Waals surface area contributed by atoms with Crippen molar-refractivity contribution in [2.75, 3.05) is 0 Å². The van der Waals surface area contributed by atoms with Gasteiger partial charge in [-0.3, -0.25) is 0 Å². The largest absolute Gasteiger partial charge is 0.573 e. The number of thiophene rings is 1. The molecule has 0 unspecified atom stereocenters. The molecule has 166 valence electrons. The molecular formula is C19H13F6NO3S2. The Bertz CT molecular complexity index is 1140. The van der Waals surface area contributed by atoms with Crippen molar-refractivity contribution in [3.8, 4) is 16.2 Å². The molecule has 0 amide bonds. The third-order valence-electron chi connectivity index (χ3n) is 3.96. The van der Waals surface area contributed by atoms with Crippen molar-refractivity contribution in [3.05, 3.63) is 71.1 Å². The number of alkyl halides is 6. The van der Waals surface area contributed by atoms with Crippen LogP contribution in [-0.4, -0.2) is 14.8 Å². The monoisotopic (exact) mass is 481 g/mol. The van der Waals surface area contributed by atoms with Crippen molar-refractivity contribution >= 4 is 21.4 Å². The number of rotatable bonds is 6. The molecule has 0 fully saturated rings. The molecule has 1 N–H and O–H groups in total. The molecule has 3 rings (SSSR count). The van der Waals surface area contributed by atoms with E-state index >= 15 is 0 Å². The van der Waals surface area contributed by atoms with E-state index in [0.29, 0.717) is 15.3 Å². The second-order valence-corrected chi connectivity index (χ2v) is 9.12. The molecule has 1 heterocycles. The minimum Gasteiger partial charge on any atom is -0.406 e. The highest BCUT2D eigenvalue weighted by molar-refractivity contribution is 7.89. The lowest BCUT2D eigenvalue weighted by molar-refractivity contribution is -0.274. The summed E-state index contributed by atoms with van der Waals surface area (Å²) < 4.78 is 105. The predicted octanol–water partition coefficient (Wildman–Crippen LogP) is 5.81. The summed E-state index contributed by atoms with van der Waals surface area (Å²) >= 11 is 1.19. The van der Waals surface area contributed by atoms with Crippen LogP contribution in [0.3, 0.4) is 0 Å². The third-order valence-corrected chi connectivity index (χ3v) is 6.51. The second-order valence-electron chi connectivity index (χ2n) is 6.18. The smallest absolute Gasteiger partial charge is 0.406 e. The molecule has 1 aromatic heterocycles. The van der Waals surface area contributed by atoms with Crippen molar-refractivity contribution in [2.45, 2.75) is 24.0 Å². The summed E-state index contributed by atoms with van der Waals surface area (Å²) in [6, 6.07) is 11.6. The fourth-order valence-electron chi connectivity index (χ4n) is 2.52. The molecule has 3 aromatic rings. The summed E-state index contributed by atoms with van der Waals surface area (Å²) in [5.41, 5.74) is -0.222. The molecule has 12 heteroatoms. The summed E-state index contributed by atoms with van der Waals surface area (Å²) in [6.45, 7) is -0.103. The summed E-state index contributed by atoms with van der Waals surface area (Å²) in [4.78, 5) is 0.994. The van der Waals surface area contributed by atoms with Crippen LogP contribution >= 0.6 is 11.3 Å². The highest BCUT2D eigenvalue weighted by Crippen LogP contribution is 2.33. The van der Waals surface area contributed by atoms with Crippen molar-refractivity contribution < 1.29 is 39.5 Å². The van der Waals surface area contributed by atoms with E-state index in [9.17, 15) is 34.8 Å². The molecule has 0 aliphatic carbocycles. The first-order chi connectivity index (χ1) is 14.3. The molecule has 2 aromatic carbocycles. The SMILES string of the molecule is O=S(=O)(NCc1ccc(-c2ccc(C(F)(F)F)cc2)s1)c1ccc(OC(F)(F)F)cc1. The van der Waals surface area contributed by atoms with E-state index in [2.05, 4.69) is 9.46 Å². The Labute approximate surface area is 177 Å². The van der Waals surface area contributed by atoms with E-state index in [1.807, 2.05) is 0 Å². The summed E-state index contributed by atoms with van der Waals surface area (Å²) in [5.74, 6) is -0.550. The van der Waals surface area contributed by atoms with Gasteiger partial charge >= 0.3 is 12.5 Å². The highest BCUT2D eigenvalue weighted by atomic mass is 32.2. The molecule has 0 bridgehead atoms. The maximum atomic E-state index is 12.7. The molecule has 0 spiro atoms. The van der Waals surface area contributed by atoms with Crippen LogP contribution in [0, 0.1) is 0 Å². The van der Waals surface area contributed by atoms with Gasteiger partial charge in [0.05, 0.1) is 10.5 Å². The minimum atomic E-state index is -4.89. The van der Waals surface area contributed by atoms with E-state index in [1.165, 1.54) is 23.5 Å². The van der Waals surface area contributed by atoms with Crippen molar-refractivity contribution in [2.24, 2.45) is 0 Å². The lowest BCUT2D eigenvalue weighted by Crippen LogP contribution is -2.23. The molecule has 31 heavy (non-hydrogen) atoms. The number of hydrogen-bond acceptors (Lipinski definition) is 4. The van der Waals surface area contributed by atoms with Gasteiger partial charge in [-0.1, -0.05) is 12.1 Å². The van der Waals surface area contributed by atoms with Crippen LogP contribution in [0.1, 0.15) is 10.4 Å². The zero-order chi connectivity index (χ0) is 22.9. The molecule has 0 aliphatic heterocycles. The Kier molecular flexibility index (Phi) is 6.35. The van der Waals surface area contributed by atoms with Crippen molar-refractivity contribution in [1.82, 2.24) is 4.72 Å². The maximum Gasteiger partial charge on any atom is 0.573 e. The normalized spacial score (nSPS) is 12.7. The summed E-state index contributed by atoms with van der Waals surface area (Å²) in [7, 11) is -4.00. The fraction of sp³-hybridized carbons (Fsp3) is 0.158. The lowest BCUT2D eigenvalue weighted by atomic mass is 10.1. The molecule has 0 radical (unpaired) electrons. The van der Waals surface area contributed by atoms with Crippen LogP contribution in [0.15, 0.2) is 65.6 Å². The third kappa shape index (κ3) is 6.21. The topological polar surface area (TPSA) is 55.4 Å².